The van der Waals surface area contributed by atoms with Crippen molar-refractivity contribution in [3.05, 3.63) is 70.5 Å². The van der Waals surface area contributed by atoms with E-state index in [1.807, 2.05) is 0 Å². The van der Waals surface area contributed by atoms with E-state index < -0.39 is 11.2 Å². The summed E-state index contributed by atoms with van der Waals surface area (Å²) in [6, 6.07) is 13.0. The molecule has 0 N–H and O–H groups in total. The molecule has 2 aromatic carbocycles. The van der Waals surface area contributed by atoms with Crippen LogP contribution >= 0.6 is 23.2 Å². The van der Waals surface area contributed by atoms with Gasteiger partial charge in [-0.15, -0.1) is 0 Å². The highest BCUT2D eigenvalue weighted by Gasteiger charge is 2.19. The van der Waals surface area contributed by atoms with E-state index in [0.29, 0.717) is 11.4 Å². The summed E-state index contributed by atoms with van der Waals surface area (Å²) in [6.45, 7) is 0. The number of carbonyl (C=O) groups is 1. The van der Waals surface area contributed by atoms with Crippen LogP contribution < -0.4 is 0 Å². The lowest BCUT2D eigenvalue weighted by molar-refractivity contribution is -0.113. The van der Waals surface area contributed by atoms with E-state index in [4.69, 9.17) is 23.2 Å². The quantitative estimate of drug-likeness (QED) is 0.755. The van der Waals surface area contributed by atoms with Crippen molar-refractivity contribution in [3.63, 3.8) is 0 Å². The van der Waals surface area contributed by atoms with E-state index in [9.17, 15) is 9.18 Å². The van der Waals surface area contributed by atoms with Crippen molar-refractivity contribution in [1.82, 2.24) is 0 Å². The molecule has 0 radical (unpaired) electrons. The molecule has 1 nitrogen and oxygen atoms in total. The largest absolute Gasteiger partial charge is 0.281 e. The molecule has 0 aliphatic rings. The van der Waals surface area contributed by atoms with Gasteiger partial charge in [-0.2, -0.15) is 0 Å². The van der Waals surface area contributed by atoms with Crippen LogP contribution in [0.3, 0.4) is 0 Å². The van der Waals surface area contributed by atoms with Crippen molar-refractivity contribution in [2.75, 3.05) is 0 Å². The number of benzene rings is 2. The van der Waals surface area contributed by atoms with Gasteiger partial charge in [-0.25, -0.2) is 4.39 Å². The third kappa shape index (κ3) is 3.79. The Balaban J connectivity index is 2.23. The van der Waals surface area contributed by atoms with Gasteiger partial charge in [0, 0.05) is 5.02 Å². The summed E-state index contributed by atoms with van der Waals surface area (Å²) in [5, 5.41) is 0.165. The van der Waals surface area contributed by atoms with Gasteiger partial charge < -0.3 is 0 Å². The molecule has 0 fully saturated rings. The number of halogens is 3. The predicted octanol–water partition coefficient (Wildman–Crippen LogP) is 4.57. The van der Waals surface area contributed by atoms with E-state index in [1.165, 1.54) is 12.1 Å². The Labute approximate surface area is 121 Å². The van der Waals surface area contributed by atoms with Gasteiger partial charge in [-0.1, -0.05) is 35.9 Å². The molecule has 1 atom stereocenters. The third-order valence-corrected chi connectivity index (χ3v) is 3.41. The van der Waals surface area contributed by atoms with Crippen LogP contribution in [0.1, 0.15) is 17.0 Å². The van der Waals surface area contributed by atoms with Crippen molar-refractivity contribution < 1.29 is 9.18 Å². The molecular weight excluding hydrogens is 286 g/mol. The fourth-order valence-electron chi connectivity index (χ4n) is 1.88. The van der Waals surface area contributed by atoms with Crippen molar-refractivity contribution in [3.8, 4) is 0 Å². The highest BCUT2D eigenvalue weighted by Crippen LogP contribution is 2.25. The van der Waals surface area contributed by atoms with Crippen LogP contribution in [-0.2, 0) is 11.2 Å². The number of rotatable bonds is 4. The molecule has 0 bridgehead atoms. The lowest BCUT2D eigenvalue weighted by atomic mass is 9.93. The maximum Gasteiger partial charge on any atom is 0.229 e. The second-order valence-corrected chi connectivity index (χ2v) is 5.05. The van der Waals surface area contributed by atoms with Crippen LogP contribution in [0.2, 0.25) is 5.02 Å². The molecule has 0 aliphatic carbocycles. The summed E-state index contributed by atoms with van der Waals surface area (Å²) in [5.41, 5.74) is 1.66. The van der Waals surface area contributed by atoms with Crippen LogP contribution in [-0.4, -0.2) is 5.24 Å². The number of hydrogen-bond donors (Lipinski definition) is 0. The first-order chi connectivity index (χ1) is 9.06. The third-order valence-electron chi connectivity index (χ3n) is 2.90. The molecule has 1 unspecified atom stereocenters. The Hall–Kier alpha value is -1.38. The summed E-state index contributed by atoms with van der Waals surface area (Å²) >= 11 is 11.5. The van der Waals surface area contributed by atoms with Gasteiger partial charge in [0.2, 0.25) is 5.24 Å². The number of hydrogen-bond acceptors (Lipinski definition) is 1. The minimum absolute atomic E-state index is 0.302. The zero-order valence-electron chi connectivity index (χ0n) is 9.95. The first-order valence-electron chi connectivity index (χ1n) is 5.75. The van der Waals surface area contributed by atoms with Crippen LogP contribution in [0.4, 0.5) is 4.39 Å². The Bertz CT molecular complexity index is 564. The lowest BCUT2D eigenvalue weighted by Gasteiger charge is -2.13. The Morgan fingerprint density at radius 1 is 1.05 bits per heavy atom. The fraction of sp³-hybridized carbons (Fsp3) is 0.133. The Morgan fingerprint density at radius 3 is 2.16 bits per heavy atom. The van der Waals surface area contributed by atoms with E-state index >= 15 is 0 Å². The molecule has 98 valence electrons. The molecule has 0 heterocycles. The maximum absolute atomic E-state index is 12.8. The second-order valence-electron chi connectivity index (χ2n) is 4.24. The molecule has 0 spiro atoms. The highest BCUT2D eigenvalue weighted by atomic mass is 35.5. The van der Waals surface area contributed by atoms with Crippen LogP contribution in [0.5, 0.6) is 0 Å². The molecule has 0 saturated heterocycles. The minimum Gasteiger partial charge on any atom is -0.281 e. The lowest BCUT2D eigenvalue weighted by Crippen LogP contribution is -2.10. The maximum atomic E-state index is 12.8. The van der Waals surface area contributed by atoms with Crippen molar-refractivity contribution in [2.24, 2.45) is 0 Å². The molecule has 2 rings (SSSR count). The van der Waals surface area contributed by atoms with Crippen molar-refractivity contribution in [1.29, 1.82) is 0 Å². The van der Waals surface area contributed by atoms with Crippen LogP contribution in [0.15, 0.2) is 48.5 Å². The van der Waals surface area contributed by atoms with Crippen molar-refractivity contribution in [2.45, 2.75) is 12.3 Å². The second kappa shape index (κ2) is 6.18. The summed E-state index contributed by atoms with van der Waals surface area (Å²) in [7, 11) is 0. The normalized spacial score (nSPS) is 12.2. The zero-order valence-corrected chi connectivity index (χ0v) is 11.5. The van der Waals surface area contributed by atoms with E-state index in [1.54, 1.807) is 36.4 Å². The Morgan fingerprint density at radius 2 is 1.63 bits per heavy atom. The predicted molar refractivity (Wildman–Crippen MR) is 75.2 cm³/mol. The molecular formula is C15H11Cl2FO. The number of carbonyl (C=O) groups excluding carboxylic acids is 1. The first kappa shape index (κ1) is 14.0. The highest BCUT2D eigenvalue weighted by molar-refractivity contribution is 6.64. The summed E-state index contributed by atoms with van der Waals surface area (Å²) < 4.78 is 12.8. The zero-order chi connectivity index (χ0) is 13.8. The van der Waals surface area contributed by atoms with Gasteiger partial charge in [0.05, 0.1) is 5.92 Å². The molecule has 0 amide bonds. The standard InChI is InChI=1S/C15H11Cl2FO/c16-12-5-3-11(4-6-12)14(15(17)19)9-10-1-7-13(18)8-2-10/h1-8,14H,9H2. The smallest absolute Gasteiger partial charge is 0.229 e. The average molecular weight is 297 g/mol. The SMILES string of the molecule is O=C(Cl)C(Cc1ccc(F)cc1)c1ccc(Cl)cc1. The monoisotopic (exact) mass is 296 g/mol. The van der Waals surface area contributed by atoms with Gasteiger partial charge in [-0.05, 0) is 53.4 Å². The topological polar surface area (TPSA) is 17.1 Å². The molecule has 2 aromatic rings. The Kier molecular flexibility index (Phi) is 4.56. The minimum atomic E-state index is -0.454. The molecule has 4 heteroatoms. The average Bonchev–Trinajstić information content (AvgIpc) is 2.39. The molecule has 19 heavy (non-hydrogen) atoms. The van der Waals surface area contributed by atoms with Gasteiger partial charge >= 0.3 is 0 Å². The summed E-state index contributed by atoms with van der Waals surface area (Å²) in [6.07, 6.45) is 0.435. The van der Waals surface area contributed by atoms with E-state index in [0.717, 1.165) is 11.1 Å². The van der Waals surface area contributed by atoms with Gasteiger partial charge in [0.25, 0.3) is 0 Å². The van der Waals surface area contributed by atoms with E-state index in [2.05, 4.69) is 0 Å². The molecule has 0 aliphatic heterocycles. The molecule has 0 saturated carbocycles. The van der Waals surface area contributed by atoms with Crippen LogP contribution in [0, 0.1) is 5.82 Å². The van der Waals surface area contributed by atoms with E-state index in [-0.39, 0.29) is 5.82 Å². The van der Waals surface area contributed by atoms with Gasteiger partial charge in [-0.3, -0.25) is 4.79 Å². The van der Waals surface area contributed by atoms with Crippen LogP contribution in [0.25, 0.3) is 0 Å². The molecule has 0 aromatic heterocycles. The van der Waals surface area contributed by atoms with Gasteiger partial charge in [0.1, 0.15) is 5.82 Å². The van der Waals surface area contributed by atoms with Crippen molar-refractivity contribution >= 4 is 28.4 Å². The first-order valence-corrected chi connectivity index (χ1v) is 6.51. The van der Waals surface area contributed by atoms with Gasteiger partial charge in [0.15, 0.2) is 0 Å². The fourth-order valence-corrected chi connectivity index (χ4v) is 2.21. The summed E-state index contributed by atoms with van der Waals surface area (Å²) in [5.74, 6) is -0.756. The summed E-state index contributed by atoms with van der Waals surface area (Å²) in [4.78, 5) is 11.6.